The van der Waals surface area contributed by atoms with Crippen LogP contribution >= 0.6 is 0 Å². The summed E-state index contributed by atoms with van der Waals surface area (Å²) in [6.07, 6.45) is 0.382. The zero-order chi connectivity index (χ0) is 25.2. The van der Waals surface area contributed by atoms with E-state index in [9.17, 15) is 20.1 Å². The van der Waals surface area contributed by atoms with E-state index in [0.29, 0.717) is 41.6 Å². The van der Waals surface area contributed by atoms with Crippen molar-refractivity contribution in [3.05, 3.63) is 102 Å². The number of hydrogen-bond acceptors (Lipinski definition) is 4. The van der Waals surface area contributed by atoms with E-state index >= 15 is 4.39 Å². The third-order valence-electron chi connectivity index (χ3n) is 6.72. The first-order valence-electron chi connectivity index (χ1n) is 11.9. The van der Waals surface area contributed by atoms with E-state index in [-0.39, 0.29) is 29.0 Å². The molecule has 2 atom stereocenters. The number of halogens is 1. The maximum Gasteiger partial charge on any atom is 0.232 e. The van der Waals surface area contributed by atoms with Gasteiger partial charge in [-0.1, -0.05) is 60.7 Å². The molecule has 5 rings (SSSR count). The van der Waals surface area contributed by atoms with Crippen molar-refractivity contribution in [1.82, 2.24) is 0 Å². The number of phenols is 2. The fraction of sp³-hybridized carbons (Fsp3) is 0.167. The zero-order valence-electron chi connectivity index (χ0n) is 19.5. The van der Waals surface area contributed by atoms with Gasteiger partial charge in [0.1, 0.15) is 17.3 Å². The lowest BCUT2D eigenvalue weighted by atomic mass is 9.90. The lowest BCUT2D eigenvalue weighted by molar-refractivity contribution is -0.127. The molecule has 0 saturated carbocycles. The van der Waals surface area contributed by atoms with E-state index in [1.165, 1.54) is 11.0 Å². The first-order valence-corrected chi connectivity index (χ1v) is 11.9. The summed E-state index contributed by atoms with van der Waals surface area (Å²) in [5, 5.41) is 30.6. The van der Waals surface area contributed by atoms with Crippen LogP contribution in [-0.4, -0.2) is 27.8 Å². The molecule has 4 aromatic rings. The second-order valence-corrected chi connectivity index (χ2v) is 9.10. The molecule has 0 aromatic heterocycles. The van der Waals surface area contributed by atoms with Crippen molar-refractivity contribution in [1.29, 1.82) is 0 Å². The highest BCUT2D eigenvalue weighted by Crippen LogP contribution is 2.37. The van der Waals surface area contributed by atoms with Crippen molar-refractivity contribution in [3.63, 3.8) is 0 Å². The molecule has 1 aliphatic heterocycles. The van der Waals surface area contributed by atoms with E-state index in [4.69, 9.17) is 0 Å². The first kappa shape index (κ1) is 23.6. The van der Waals surface area contributed by atoms with Gasteiger partial charge in [0.25, 0.3) is 0 Å². The molecule has 6 heteroatoms. The van der Waals surface area contributed by atoms with Crippen LogP contribution in [0.4, 0.5) is 10.1 Å². The van der Waals surface area contributed by atoms with Crippen LogP contribution in [0.2, 0.25) is 0 Å². The van der Waals surface area contributed by atoms with Crippen molar-refractivity contribution in [3.8, 4) is 33.8 Å². The van der Waals surface area contributed by atoms with Crippen LogP contribution < -0.4 is 4.90 Å². The third kappa shape index (κ3) is 4.68. The second kappa shape index (κ2) is 9.84. The van der Waals surface area contributed by atoms with Crippen LogP contribution in [0.3, 0.4) is 0 Å². The molecule has 4 aromatic carbocycles. The van der Waals surface area contributed by atoms with Crippen LogP contribution in [0, 0.1) is 11.7 Å². The Balaban J connectivity index is 1.25. The third-order valence-corrected chi connectivity index (χ3v) is 6.72. The number of anilines is 1. The fourth-order valence-electron chi connectivity index (χ4n) is 4.66. The molecular weight excluding hydrogens is 457 g/mol. The molecule has 1 heterocycles. The molecule has 3 N–H and O–H groups in total. The van der Waals surface area contributed by atoms with E-state index in [1.54, 1.807) is 54.6 Å². The van der Waals surface area contributed by atoms with Gasteiger partial charge in [-0.25, -0.2) is 4.39 Å². The minimum absolute atomic E-state index is 0.0148. The quantitative estimate of drug-likeness (QED) is 0.280. The molecule has 182 valence electrons. The summed E-state index contributed by atoms with van der Waals surface area (Å²) in [5.74, 6) is -0.774. The van der Waals surface area contributed by atoms with Crippen LogP contribution in [0.15, 0.2) is 91.0 Å². The summed E-state index contributed by atoms with van der Waals surface area (Å²) < 4.78 is 15.0. The van der Waals surface area contributed by atoms with Crippen LogP contribution in [0.1, 0.15) is 24.5 Å². The van der Waals surface area contributed by atoms with Gasteiger partial charge in [-0.15, -0.1) is 0 Å². The predicted octanol–water partition coefficient (Wildman–Crippen LogP) is 6.05. The van der Waals surface area contributed by atoms with Gasteiger partial charge in [0.2, 0.25) is 5.91 Å². The number of carbonyl (C=O) groups is 1. The number of hydrogen-bond donors (Lipinski definition) is 3. The molecule has 1 saturated heterocycles. The highest BCUT2D eigenvalue weighted by atomic mass is 19.1. The Bertz CT molecular complexity index is 1410. The number of aliphatic hydroxyl groups excluding tert-OH is 1. The summed E-state index contributed by atoms with van der Waals surface area (Å²) in [6.45, 7) is 0.413. The standard InChI is InChI=1S/C30H26FNO4/c31-26-16-20(21-9-12-25(29(35)17-21)22-7-4-8-24(33)15-22)10-13-27(26)32-18-23(30(32)36)11-14-28(34)19-5-2-1-3-6-19/h1-10,12-13,15-17,23,28,33-35H,11,14,18H2/t23?,28-/m0/s1. The number of aliphatic hydroxyl groups is 1. The van der Waals surface area contributed by atoms with Gasteiger partial charge in [-0.2, -0.15) is 0 Å². The Morgan fingerprint density at radius 3 is 2.31 bits per heavy atom. The molecule has 36 heavy (non-hydrogen) atoms. The molecule has 1 fully saturated rings. The Kier molecular flexibility index (Phi) is 6.44. The Morgan fingerprint density at radius 1 is 0.861 bits per heavy atom. The van der Waals surface area contributed by atoms with Crippen LogP contribution in [-0.2, 0) is 4.79 Å². The Labute approximate surface area is 208 Å². The SMILES string of the molecule is O=C1C(CC[C@H](O)c2ccccc2)CN1c1ccc(-c2ccc(-c3cccc(O)c3)c(O)c2)cc1F. The van der Waals surface area contributed by atoms with E-state index in [2.05, 4.69) is 0 Å². The highest BCUT2D eigenvalue weighted by Gasteiger charge is 2.38. The normalized spacial score (nSPS) is 16.0. The van der Waals surface area contributed by atoms with Crippen molar-refractivity contribution in [2.24, 2.45) is 5.92 Å². The molecule has 0 radical (unpaired) electrons. The Hall–Kier alpha value is -4.16. The minimum atomic E-state index is -0.626. The van der Waals surface area contributed by atoms with Crippen LogP contribution in [0.25, 0.3) is 22.3 Å². The summed E-state index contributed by atoms with van der Waals surface area (Å²) in [5.41, 5.74) is 3.48. The molecule has 1 amide bonds. The number of aromatic hydroxyl groups is 2. The number of nitrogens with zero attached hydrogens (tertiary/aromatic N) is 1. The van der Waals surface area contributed by atoms with Gasteiger partial charge in [0.05, 0.1) is 17.7 Å². The average molecular weight is 484 g/mol. The monoisotopic (exact) mass is 483 g/mol. The van der Waals surface area contributed by atoms with Gasteiger partial charge in [0, 0.05) is 12.1 Å². The maximum absolute atomic E-state index is 15.0. The zero-order valence-corrected chi connectivity index (χ0v) is 19.5. The number of benzene rings is 4. The van der Waals surface area contributed by atoms with Gasteiger partial charge in [-0.05, 0) is 65.4 Å². The molecule has 0 aliphatic carbocycles. The maximum atomic E-state index is 15.0. The molecule has 1 aliphatic rings. The average Bonchev–Trinajstić information content (AvgIpc) is 2.88. The van der Waals surface area contributed by atoms with Crippen molar-refractivity contribution in [2.75, 3.05) is 11.4 Å². The molecule has 1 unspecified atom stereocenters. The van der Waals surface area contributed by atoms with Crippen molar-refractivity contribution in [2.45, 2.75) is 18.9 Å². The highest BCUT2D eigenvalue weighted by molar-refractivity contribution is 6.01. The second-order valence-electron chi connectivity index (χ2n) is 9.10. The van der Waals surface area contributed by atoms with Gasteiger partial charge in [-0.3, -0.25) is 4.79 Å². The summed E-state index contributed by atoms with van der Waals surface area (Å²) in [6, 6.07) is 25.6. The van der Waals surface area contributed by atoms with E-state index in [1.807, 2.05) is 30.3 Å². The minimum Gasteiger partial charge on any atom is -0.508 e. The summed E-state index contributed by atoms with van der Waals surface area (Å²) in [7, 11) is 0. The Morgan fingerprint density at radius 2 is 1.61 bits per heavy atom. The number of rotatable bonds is 7. The van der Waals surface area contributed by atoms with Crippen LogP contribution in [0.5, 0.6) is 11.5 Å². The number of amides is 1. The topological polar surface area (TPSA) is 81.0 Å². The van der Waals surface area contributed by atoms with Crippen molar-refractivity contribution >= 4 is 11.6 Å². The molecular formula is C30H26FNO4. The molecule has 5 nitrogen and oxygen atoms in total. The lowest BCUT2D eigenvalue weighted by Gasteiger charge is -2.39. The summed E-state index contributed by atoms with van der Waals surface area (Å²) in [4.78, 5) is 14.1. The molecule has 0 spiro atoms. The van der Waals surface area contributed by atoms with E-state index < -0.39 is 11.9 Å². The number of β-lactam (4-membered cyclic amide) rings is 1. The summed E-state index contributed by atoms with van der Waals surface area (Å²) >= 11 is 0. The fourth-order valence-corrected chi connectivity index (χ4v) is 4.66. The predicted molar refractivity (Wildman–Crippen MR) is 137 cm³/mol. The van der Waals surface area contributed by atoms with Gasteiger partial charge in [0.15, 0.2) is 0 Å². The number of carbonyl (C=O) groups excluding carboxylic acids is 1. The van der Waals surface area contributed by atoms with Gasteiger partial charge < -0.3 is 20.2 Å². The number of phenolic OH excluding ortho intramolecular Hbond substituents is 2. The lowest BCUT2D eigenvalue weighted by Crippen LogP contribution is -2.53. The smallest absolute Gasteiger partial charge is 0.232 e. The largest absolute Gasteiger partial charge is 0.508 e. The molecule has 0 bridgehead atoms. The first-order chi connectivity index (χ1) is 17.4. The van der Waals surface area contributed by atoms with Gasteiger partial charge >= 0.3 is 0 Å². The van der Waals surface area contributed by atoms with E-state index in [0.717, 1.165) is 5.56 Å². The van der Waals surface area contributed by atoms with Crippen molar-refractivity contribution < 1.29 is 24.5 Å².